The van der Waals surface area contributed by atoms with E-state index in [9.17, 15) is 14.4 Å². The van der Waals surface area contributed by atoms with E-state index in [-0.39, 0.29) is 17.6 Å². The van der Waals surface area contributed by atoms with E-state index < -0.39 is 12.0 Å². The minimum absolute atomic E-state index is 0.00442. The quantitative estimate of drug-likeness (QED) is 0.0684. The average Bonchev–Trinajstić information content (AvgIpc) is 3.14. The topological polar surface area (TPSA) is 93.7 Å². The fourth-order valence-electron chi connectivity index (χ4n) is 5.53. The molecule has 2 atom stereocenters. The first-order chi connectivity index (χ1) is 23.5. The number of benzene rings is 5. The van der Waals surface area contributed by atoms with Gasteiger partial charge < -0.3 is 20.1 Å². The molecule has 5 aromatic rings. The zero-order valence-corrected chi connectivity index (χ0v) is 27.0. The average molecular weight is 641 g/mol. The number of nitrogens with one attached hydrogen (secondary N) is 2. The van der Waals surface area contributed by atoms with Gasteiger partial charge in [-0.25, -0.2) is 4.79 Å². The highest BCUT2D eigenvalue weighted by atomic mass is 16.5. The summed E-state index contributed by atoms with van der Waals surface area (Å²) in [5.41, 5.74) is 4.61. The molecule has 7 nitrogen and oxygen atoms in total. The molecule has 0 aliphatic rings. The lowest BCUT2D eigenvalue weighted by molar-refractivity contribution is -0.141. The SMILES string of the molecule is COC(=O)[C@H](Cc1ccc(OCCCNC(=O)C(Cc2ccccc2)c2ccccc2)cc1)Nc1ccccc1C(=O)c1ccccc1. The van der Waals surface area contributed by atoms with Crippen LogP contribution in [0.1, 0.15) is 45.0 Å². The first kappa shape index (κ1) is 33.7. The summed E-state index contributed by atoms with van der Waals surface area (Å²) < 4.78 is 11.0. The number of ether oxygens (including phenoxy) is 2. The first-order valence-electron chi connectivity index (χ1n) is 16.1. The molecule has 0 saturated heterocycles. The highest BCUT2D eigenvalue weighted by Crippen LogP contribution is 2.23. The first-order valence-corrected chi connectivity index (χ1v) is 16.1. The van der Waals surface area contributed by atoms with Gasteiger partial charge in [-0.05, 0) is 53.8 Å². The maximum atomic E-state index is 13.2. The van der Waals surface area contributed by atoms with Crippen molar-refractivity contribution < 1.29 is 23.9 Å². The molecule has 0 heterocycles. The number of rotatable bonds is 16. The van der Waals surface area contributed by atoms with E-state index in [0.717, 1.165) is 16.7 Å². The molecule has 0 aliphatic heterocycles. The Labute approximate surface area is 281 Å². The maximum absolute atomic E-state index is 13.2. The Hall–Kier alpha value is -5.69. The molecule has 7 heteroatoms. The zero-order chi connectivity index (χ0) is 33.6. The van der Waals surface area contributed by atoms with Crippen molar-refractivity contribution in [1.29, 1.82) is 0 Å². The lowest BCUT2D eigenvalue weighted by atomic mass is 9.91. The van der Waals surface area contributed by atoms with Crippen LogP contribution >= 0.6 is 0 Å². The van der Waals surface area contributed by atoms with Crippen LogP contribution in [0.4, 0.5) is 5.69 Å². The molecule has 1 unspecified atom stereocenters. The summed E-state index contributed by atoms with van der Waals surface area (Å²) in [6.45, 7) is 0.933. The molecule has 0 spiro atoms. The number of amides is 1. The molecule has 244 valence electrons. The van der Waals surface area contributed by atoms with Gasteiger partial charge in [-0.1, -0.05) is 115 Å². The number of carbonyl (C=O) groups is 3. The molecular formula is C41H40N2O5. The van der Waals surface area contributed by atoms with Gasteiger partial charge in [0.25, 0.3) is 0 Å². The Morgan fingerprint density at radius 3 is 1.96 bits per heavy atom. The minimum atomic E-state index is -0.711. The molecule has 0 saturated carbocycles. The van der Waals surface area contributed by atoms with Gasteiger partial charge in [0.1, 0.15) is 11.8 Å². The Bertz CT molecular complexity index is 1760. The third kappa shape index (κ3) is 9.42. The van der Waals surface area contributed by atoms with Crippen LogP contribution in [-0.2, 0) is 27.2 Å². The summed E-state index contributed by atoms with van der Waals surface area (Å²) in [5.74, 6) is -0.152. The molecule has 2 N–H and O–H groups in total. The molecule has 0 aliphatic carbocycles. The second-order valence-electron chi connectivity index (χ2n) is 11.5. The van der Waals surface area contributed by atoms with Gasteiger partial charge in [-0.3, -0.25) is 9.59 Å². The second kappa shape index (κ2) is 17.3. The smallest absolute Gasteiger partial charge is 0.328 e. The summed E-state index contributed by atoms with van der Waals surface area (Å²) in [4.78, 5) is 39.2. The van der Waals surface area contributed by atoms with Crippen LogP contribution in [0, 0.1) is 0 Å². The van der Waals surface area contributed by atoms with Gasteiger partial charge in [-0.2, -0.15) is 0 Å². The zero-order valence-electron chi connectivity index (χ0n) is 27.0. The van der Waals surface area contributed by atoms with Crippen LogP contribution in [-0.4, -0.2) is 44.0 Å². The third-order valence-corrected chi connectivity index (χ3v) is 8.08. The summed E-state index contributed by atoms with van der Waals surface area (Å²) in [6, 6.07) is 42.9. The van der Waals surface area contributed by atoms with Crippen molar-refractivity contribution in [2.75, 3.05) is 25.6 Å². The molecule has 0 fully saturated rings. The van der Waals surface area contributed by atoms with Gasteiger partial charge >= 0.3 is 5.97 Å². The Morgan fingerprint density at radius 1 is 0.667 bits per heavy atom. The lowest BCUT2D eigenvalue weighted by Gasteiger charge is -2.20. The third-order valence-electron chi connectivity index (χ3n) is 8.08. The largest absolute Gasteiger partial charge is 0.494 e. The van der Waals surface area contributed by atoms with E-state index in [1.54, 1.807) is 30.3 Å². The molecule has 5 rings (SSSR count). The number of methoxy groups -OCH3 is 1. The van der Waals surface area contributed by atoms with Crippen molar-refractivity contribution in [3.05, 3.63) is 167 Å². The number of hydrogen-bond donors (Lipinski definition) is 2. The van der Waals surface area contributed by atoms with Gasteiger partial charge in [-0.15, -0.1) is 0 Å². The molecule has 1 amide bonds. The van der Waals surface area contributed by atoms with Crippen LogP contribution in [0.25, 0.3) is 0 Å². The molecular weight excluding hydrogens is 600 g/mol. The van der Waals surface area contributed by atoms with Crippen molar-refractivity contribution in [2.45, 2.75) is 31.2 Å². The van der Waals surface area contributed by atoms with E-state index >= 15 is 0 Å². The highest BCUT2D eigenvalue weighted by molar-refractivity contribution is 6.12. The van der Waals surface area contributed by atoms with E-state index in [1.807, 2.05) is 109 Å². The number of para-hydroxylation sites is 1. The van der Waals surface area contributed by atoms with E-state index in [4.69, 9.17) is 9.47 Å². The van der Waals surface area contributed by atoms with Crippen LogP contribution < -0.4 is 15.4 Å². The molecule has 0 aromatic heterocycles. The Kier molecular flexibility index (Phi) is 12.1. The fraction of sp³-hybridized carbons (Fsp3) is 0.195. The van der Waals surface area contributed by atoms with Gasteiger partial charge in [0, 0.05) is 29.8 Å². The lowest BCUT2D eigenvalue weighted by Crippen LogP contribution is -2.33. The Balaban J connectivity index is 1.13. The van der Waals surface area contributed by atoms with E-state index in [0.29, 0.717) is 55.0 Å². The van der Waals surface area contributed by atoms with Crippen molar-refractivity contribution >= 4 is 23.3 Å². The highest BCUT2D eigenvalue weighted by Gasteiger charge is 2.23. The second-order valence-corrected chi connectivity index (χ2v) is 11.5. The van der Waals surface area contributed by atoms with Gasteiger partial charge in [0.2, 0.25) is 5.91 Å². The molecule has 48 heavy (non-hydrogen) atoms. The van der Waals surface area contributed by atoms with Crippen LogP contribution in [0.3, 0.4) is 0 Å². The normalized spacial score (nSPS) is 11.9. The fourth-order valence-corrected chi connectivity index (χ4v) is 5.53. The number of ketones is 1. The number of hydrogen-bond acceptors (Lipinski definition) is 6. The molecule has 0 radical (unpaired) electrons. The van der Waals surface area contributed by atoms with Crippen molar-refractivity contribution in [1.82, 2.24) is 5.32 Å². The van der Waals surface area contributed by atoms with Crippen molar-refractivity contribution in [2.24, 2.45) is 0 Å². The van der Waals surface area contributed by atoms with E-state index in [2.05, 4.69) is 10.6 Å². The predicted octanol–water partition coefficient (Wildman–Crippen LogP) is 7.03. The van der Waals surface area contributed by atoms with Crippen molar-refractivity contribution in [3.63, 3.8) is 0 Å². The number of carbonyl (C=O) groups excluding carboxylic acids is 3. The standard InChI is InChI=1S/C41H40N2O5/c1-47-41(46)38(43-37-21-12-11-20-35(37)39(44)33-18-9-4-10-19-33)29-31-22-24-34(25-23-31)48-27-13-26-42-40(45)36(32-16-7-3-8-17-32)28-30-14-5-2-6-15-30/h2-12,14-25,36,38,43H,13,26-29H2,1H3,(H,42,45)/t36?,38-/m0/s1. The number of anilines is 1. The van der Waals surface area contributed by atoms with Gasteiger partial charge in [0.15, 0.2) is 5.78 Å². The summed E-state index contributed by atoms with van der Waals surface area (Å²) in [7, 11) is 1.35. The van der Waals surface area contributed by atoms with Crippen LogP contribution in [0.2, 0.25) is 0 Å². The van der Waals surface area contributed by atoms with Crippen molar-refractivity contribution in [3.8, 4) is 5.75 Å². The summed E-state index contributed by atoms with van der Waals surface area (Å²) in [6.07, 6.45) is 1.62. The number of esters is 1. The van der Waals surface area contributed by atoms with Gasteiger partial charge in [0.05, 0.1) is 19.6 Å². The predicted molar refractivity (Wildman–Crippen MR) is 188 cm³/mol. The van der Waals surface area contributed by atoms with Crippen LogP contribution in [0.5, 0.6) is 5.75 Å². The Morgan fingerprint density at radius 2 is 1.27 bits per heavy atom. The van der Waals surface area contributed by atoms with E-state index in [1.165, 1.54) is 7.11 Å². The summed E-state index contributed by atoms with van der Waals surface area (Å²) >= 11 is 0. The minimum Gasteiger partial charge on any atom is -0.494 e. The maximum Gasteiger partial charge on any atom is 0.328 e. The van der Waals surface area contributed by atoms with Crippen LogP contribution in [0.15, 0.2) is 140 Å². The molecule has 5 aromatic carbocycles. The summed E-state index contributed by atoms with van der Waals surface area (Å²) in [5, 5.41) is 6.32. The molecule has 0 bridgehead atoms. The monoisotopic (exact) mass is 640 g/mol.